The minimum Gasteiger partial charge on any atom is -0.477 e. The molecule has 7 rings (SSSR count). The van der Waals surface area contributed by atoms with Gasteiger partial charge in [0.15, 0.2) is 0 Å². The van der Waals surface area contributed by atoms with Crippen LogP contribution >= 0.6 is 45.3 Å². The SMILES string of the molecule is N#C/C(=C\c1ccc(-c2ccc(-c3ccc(N(c4ccccc4)c4ccc(-c5ccc(-c6ccc(/C=C(\C#N)C(=O)O)s6)s5)cc4)cc3)s2)s1)OC=O. The van der Waals surface area contributed by atoms with Gasteiger partial charge in [0.1, 0.15) is 17.7 Å². The van der Waals surface area contributed by atoms with Gasteiger partial charge >= 0.3 is 5.97 Å². The molecule has 0 aliphatic heterocycles. The minimum absolute atomic E-state index is 0.0465. The predicted molar refractivity (Wildman–Crippen MR) is 216 cm³/mol. The van der Waals surface area contributed by atoms with E-state index in [0.717, 1.165) is 62.3 Å². The number of carbonyl (C=O) groups excluding carboxylic acids is 1. The van der Waals surface area contributed by atoms with Crippen LogP contribution in [-0.2, 0) is 14.3 Å². The van der Waals surface area contributed by atoms with Gasteiger partial charge in [-0.25, -0.2) is 4.79 Å². The van der Waals surface area contributed by atoms with Crippen LogP contribution in [0.5, 0.6) is 0 Å². The van der Waals surface area contributed by atoms with Gasteiger partial charge in [0.2, 0.25) is 5.76 Å². The zero-order chi connectivity index (χ0) is 36.7. The van der Waals surface area contributed by atoms with Gasteiger partial charge in [0, 0.05) is 62.2 Å². The Hall–Kier alpha value is -6.34. The molecular weight excluding hydrogens is 739 g/mol. The summed E-state index contributed by atoms with van der Waals surface area (Å²) < 4.78 is 4.72. The molecular formula is C42H25N3O4S4. The average molecular weight is 764 g/mol. The summed E-state index contributed by atoms with van der Waals surface area (Å²) >= 11 is 6.33. The summed E-state index contributed by atoms with van der Waals surface area (Å²) in [6, 6.07) is 46.9. The Morgan fingerprint density at radius 1 is 0.566 bits per heavy atom. The molecule has 0 atom stereocenters. The van der Waals surface area contributed by atoms with Gasteiger partial charge < -0.3 is 14.7 Å². The van der Waals surface area contributed by atoms with Crippen molar-refractivity contribution < 1.29 is 19.4 Å². The summed E-state index contributed by atoms with van der Waals surface area (Å²) in [5.74, 6) is -1.28. The number of thiophene rings is 4. The third kappa shape index (κ3) is 7.95. The molecule has 1 N–H and O–H groups in total. The molecule has 0 aliphatic carbocycles. The van der Waals surface area contributed by atoms with Crippen LogP contribution in [0.4, 0.5) is 17.1 Å². The fourth-order valence-electron chi connectivity index (χ4n) is 5.51. The summed E-state index contributed by atoms with van der Waals surface area (Å²) in [4.78, 5) is 32.1. The molecule has 0 bridgehead atoms. The van der Waals surface area contributed by atoms with E-state index in [2.05, 4.69) is 89.8 Å². The highest BCUT2D eigenvalue weighted by Crippen LogP contribution is 2.42. The lowest BCUT2D eigenvalue weighted by Gasteiger charge is -2.25. The third-order valence-corrected chi connectivity index (χ3v) is 12.7. The maximum atomic E-state index is 11.2. The summed E-state index contributed by atoms with van der Waals surface area (Å²) in [6.07, 6.45) is 2.96. The molecule has 0 spiro atoms. The van der Waals surface area contributed by atoms with E-state index in [1.54, 1.807) is 34.8 Å². The highest BCUT2D eigenvalue weighted by molar-refractivity contribution is 7.24. The van der Waals surface area contributed by atoms with E-state index < -0.39 is 5.97 Å². The topological polar surface area (TPSA) is 114 Å². The summed E-state index contributed by atoms with van der Waals surface area (Å²) in [6.45, 7) is 0.252. The van der Waals surface area contributed by atoms with E-state index >= 15 is 0 Å². The smallest absolute Gasteiger partial charge is 0.346 e. The number of rotatable bonds is 12. The third-order valence-electron chi connectivity index (χ3n) is 7.98. The second-order valence-electron chi connectivity index (χ2n) is 11.3. The van der Waals surface area contributed by atoms with Gasteiger partial charge in [-0.15, -0.1) is 45.3 Å². The van der Waals surface area contributed by atoms with Gasteiger partial charge in [-0.1, -0.05) is 42.5 Å². The van der Waals surface area contributed by atoms with Crippen molar-refractivity contribution in [2.24, 2.45) is 0 Å². The first-order valence-corrected chi connectivity index (χ1v) is 19.2. The number of nitriles is 2. The van der Waals surface area contributed by atoms with Crippen LogP contribution in [0.25, 0.3) is 52.5 Å². The molecule has 4 heterocycles. The average Bonchev–Trinajstić information content (AvgIpc) is 4.02. The highest BCUT2D eigenvalue weighted by atomic mass is 32.1. The maximum absolute atomic E-state index is 11.2. The summed E-state index contributed by atoms with van der Waals surface area (Å²) in [5, 5.41) is 27.5. The van der Waals surface area contributed by atoms with Crippen LogP contribution in [0, 0.1) is 22.7 Å². The lowest BCUT2D eigenvalue weighted by molar-refractivity contribution is -0.132. The number of anilines is 3. The molecule has 7 aromatic rings. The Morgan fingerprint density at radius 2 is 1.02 bits per heavy atom. The number of benzene rings is 3. The van der Waals surface area contributed by atoms with E-state index in [0.29, 0.717) is 4.88 Å². The lowest BCUT2D eigenvalue weighted by Crippen LogP contribution is -2.09. The Balaban J connectivity index is 1.10. The lowest BCUT2D eigenvalue weighted by atomic mass is 10.1. The molecule has 7 nitrogen and oxygen atoms in total. The van der Waals surface area contributed by atoms with Gasteiger partial charge in [-0.05, 0) is 102 Å². The van der Waals surface area contributed by atoms with Crippen molar-refractivity contribution in [2.45, 2.75) is 0 Å². The number of para-hydroxylation sites is 1. The number of allylic oxidation sites excluding steroid dienone is 1. The van der Waals surface area contributed by atoms with E-state index in [4.69, 9.17) is 15.3 Å². The molecule has 0 saturated carbocycles. The van der Waals surface area contributed by atoms with Crippen molar-refractivity contribution >= 4 is 87.0 Å². The van der Waals surface area contributed by atoms with Crippen molar-refractivity contribution in [1.29, 1.82) is 10.5 Å². The molecule has 0 amide bonds. The molecule has 256 valence electrons. The monoisotopic (exact) mass is 763 g/mol. The number of hydrogen-bond donors (Lipinski definition) is 1. The van der Waals surface area contributed by atoms with Crippen LogP contribution in [0.3, 0.4) is 0 Å². The van der Waals surface area contributed by atoms with Crippen LogP contribution in [0.15, 0.2) is 139 Å². The largest absolute Gasteiger partial charge is 0.477 e. The number of carboxylic acids is 1. The summed E-state index contributed by atoms with van der Waals surface area (Å²) in [5.41, 5.74) is 4.98. The Morgan fingerprint density at radius 3 is 1.49 bits per heavy atom. The van der Waals surface area contributed by atoms with Crippen molar-refractivity contribution in [2.75, 3.05) is 4.90 Å². The molecule has 11 heteroatoms. The molecule has 4 aromatic heterocycles. The van der Waals surface area contributed by atoms with Crippen molar-refractivity contribution in [3.8, 4) is 52.5 Å². The fraction of sp³-hybridized carbons (Fsp3) is 0. The van der Waals surface area contributed by atoms with Gasteiger partial charge in [0.05, 0.1) is 0 Å². The van der Waals surface area contributed by atoms with Gasteiger partial charge in [-0.2, -0.15) is 10.5 Å². The second-order valence-corrected chi connectivity index (χ2v) is 15.7. The first-order valence-electron chi connectivity index (χ1n) is 16.0. The molecule has 0 unspecified atom stereocenters. The van der Waals surface area contributed by atoms with E-state index in [1.165, 1.54) is 28.7 Å². The number of aliphatic carboxylic acids is 1. The number of ether oxygens (including phenoxy) is 1. The summed E-state index contributed by atoms with van der Waals surface area (Å²) in [7, 11) is 0. The Bertz CT molecular complexity index is 2560. The normalized spacial score (nSPS) is 11.4. The molecule has 53 heavy (non-hydrogen) atoms. The number of hydrogen-bond acceptors (Lipinski definition) is 10. The molecule has 0 aliphatic rings. The standard InChI is InChI=1S/C42H25N3O4S4/c43-24-29(42(47)48)22-34-14-16-38(50-34)40-20-18-36(52-40)27-6-10-31(11-7-27)45(30-4-2-1-3-5-30)32-12-8-28(9-13-32)37-19-21-41(53-37)39-17-15-35(51-39)23-33(25-44)49-26-46/h1-23,26H,(H,47,48)/b29-22+,33-23+. The van der Waals surface area contributed by atoms with Crippen molar-refractivity contribution in [1.82, 2.24) is 0 Å². The van der Waals surface area contributed by atoms with E-state index in [1.807, 2.05) is 48.5 Å². The van der Waals surface area contributed by atoms with Gasteiger partial charge in [-0.3, -0.25) is 4.79 Å². The van der Waals surface area contributed by atoms with Crippen LogP contribution in [0.2, 0.25) is 0 Å². The van der Waals surface area contributed by atoms with Crippen molar-refractivity contribution in [3.05, 3.63) is 148 Å². The molecule has 3 aromatic carbocycles. The van der Waals surface area contributed by atoms with Gasteiger partial charge in [0.25, 0.3) is 6.47 Å². The number of carbonyl (C=O) groups is 2. The zero-order valence-corrected chi connectivity index (χ0v) is 30.8. The molecule has 0 fully saturated rings. The predicted octanol–water partition coefficient (Wildman–Crippen LogP) is 12.1. The van der Waals surface area contributed by atoms with Crippen molar-refractivity contribution in [3.63, 3.8) is 0 Å². The first-order chi connectivity index (χ1) is 25.9. The van der Waals surface area contributed by atoms with Crippen LogP contribution < -0.4 is 4.90 Å². The van der Waals surface area contributed by atoms with Crippen LogP contribution in [-0.4, -0.2) is 17.5 Å². The van der Waals surface area contributed by atoms with E-state index in [9.17, 15) is 14.7 Å². The van der Waals surface area contributed by atoms with Crippen LogP contribution in [0.1, 0.15) is 9.75 Å². The minimum atomic E-state index is -1.23. The second kappa shape index (κ2) is 15.9. The first kappa shape index (κ1) is 35.1. The Kier molecular flexibility index (Phi) is 10.5. The highest BCUT2D eigenvalue weighted by Gasteiger charge is 2.15. The molecule has 0 radical (unpaired) electrons. The quantitative estimate of drug-likeness (QED) is 0.0570. The number of nitrogens with zero attached hydrogens (tertiary/aromatic N) is 3. The molecule has 0 saturated heterocycles. The Labute approximate surface area is 321 Å². The van der Waals surface area contributed by atoms with E-state index in [-0.39, 0.29) is 17.8 Å². The fourth-order valence-corrected chi connectivity index (χ4v) is 9.60. The zero-order valence-electron chi connectivity index (χ0n) is 27.5. The number of carboxylic acid groups (broad SMARTS) is 1. The maximum Gasteiger partial charge on any atom is 0.346 e.